The lowest BCUT2D eigenvalue weighted by molar-refractivity contribution is -0.144. The van der Waals surface area contributed by atoms with E-state index in [9.17, 15) is 114 Å². The van der Waals surface area contributed by atoms with Crippen LogP contribution in [0.25, 0.3) is 0 Å². The Kier molecular flexibility index (Phi) is 21.8. The summed E-state index contributed by atoms with van der Waals surface area (Å²) in [6.07, 6.45) is -9.17. The maximum absolute atomic E-state index is 13.3. The molecule has 12 nitrogen and oxygen atoms in total. The Morgan fingerprint density at radius 2 is 0.653 bits per heavy atom. The van der Waals surface area contributed by atoms with E-state index in [1.165, 1.54) is 11.0 Å². The first-order valence-electron chi connectivity index (χ1n) is 29.3. The van der Waals surface area contributed by atoms with Crippen molar-refractivity contribution in [1.29, 1.82) is 0 Å². The van der Waals surface area contributed by atoms with Crippen LogP contribution in [0.2, 0.25) is 0 Å². The SMILES string of the molecule is O=C(O)CN1CCC[C@H](OCc2cc(C(F)(F)F)cc(C(F)(F)F)c2)[C@@H]1c1ccccc1.O=C(O)CN1CCC[C@H](OCc2cc(S(F)(F)(F)(F)F)cc(S(F)(F)(F)(F)F)c2)[C@@H]1c1ccccc1.O=C(O)CN1CCC[C@H](OCc2cccc(S(F)(F)(F)(F)F)c2)[C@@H]1c1ccccc1. The highest BCUT2D eigenvalue weighted by Crippen LogP contribution is 3.05. The first kappa shape index (κ1) is 78.4. The van der Waals surface area contributed by atoms with Gasteiger partial charge in [-0.3, -0.25) is 29.1 Å². The van der Waals surface area contributed by atoms with E-state index >= 15 is 0 Å². The van der Waals surface area contributed by atoms with Crippen molar-refractivity contribution in [2.75, 3.05) is 39.3 Å². The molecule has 3 heterocycles. The molecule has 0 spiro atoms. The second-order valence-corrected chi connectivity index (χ2v) is 30.6. The highest BCUT2D eigenvalue weighted by Gasteiger charge is 2.70. The van der Waals surface area contributed by atoms with E-state index in [1.807, 2.05) is 18.2 Å². The zero-order valence-electron chi connectivity index (χ0n) is 50.8. The van der Waals surface area contributed by atoms with Gasteiger partial charge >= 0.3 is 60.9 Å². The molecule has 0 bridgehead atoms. The number of carbonyl (C=O) groups is 3. The fourth-order valence-electron chi connectivity index (χ4n) is 11.6. The van der Waals surface area contributed by atoms with Gasteiger partial charge in [0.15, 0.2) is 0 Å². The minimum absolute atomic E-state index is 0.0251. The predicted molar refractivity (Wildman–Crippen MR) is 322 cm³/mol. The first-order valence-corrected chi connectivity index (χ1v) is 35.2. The Morgan fingerprint density at radius 1 is 0.367 bits per heavy atom. The van der Waals surface area contributed by atoms with Gasteiger partial charge in [-0.05, 0) is 140 Å². The summed E-state index contributed by atoms with van der Waals surface area (Å²) < 4.78 is 294. The third kappa shape index (κ3) is 22.8. The van der Waals surface area contributed by atoms with Gasteiger partial charge in [0, 0.05) is 0 Å². The Balaban J connectivity index is 0.000000208. The Hall–Kier alpha value is -6.93. The van der Waals surface area contributed by atoms with E-state index < -0.39 is 155 Å². The molecule has 6 aromatic rings. The number of halogens is 21. The van der Waals surface area contributed by atoms with Gasteiger partial charge in [-0.2, -0.15) is 26.3 Å². The number of nitrogens with zero attached hydrogens (tertiary/aromatic N) is 3. The van der Waals surface area contributed by atoms with Crippen LogP contribution < -0.4 is 0 Å². The molecule has 3 aliphatic heterocycles. The minimum atomic E-state index is -10.8. The molecule has 0 amide bonds. The van der Waals surface area contributed by atoms with Gasteiger partial charge in [-0.15, -0.1) is 0 Å². The Morgan fingerprint density at radius 3 is 0.939 bits per heavy atom. The van der Waals surface area contributed by atoms with E-state index in [1.54, 1.807) is 82.6 Å². The number of ether oxygens (including phenoxy) is 3. The molecular weight excluding hydrogens is 1430 g/mol. The topological polar surface area (TPSA) is 149 Å². The quantitative estimate of drug-likeness (QED) is 0.0589. The number of alkyl halides is 6. The van der Waals surface area contributed by atoms with Crippen LogP contribution in [-0.2, 0) is 60.8 Å². The fourth-order valence-corrected chi connectivity index (χ4v) is 13.9. The maximum Gasteiger partial charge on any atom is 0.416 e. The van der Waals surface area contributed by atoms with Gasteiger partial charge < -0.3 is 29.5 Å². The van der Waals surface area contributed by atoms with Crippen LogP contribution in [0, 0.1) is 0 Å². The van der Waals surface area contributed by atoms with Crippen LogP contribution >= 0.6 is 30.7 Å². The van der Waals surface area contributed by atoms with Gasteiger partial charge in [0.1, 0.15) is 14.7 Å². The summed E-state index contributed by atoms with van der Waals surface area (Å²) in [4.78, 5) is 30.6. The normalized spacial score (nSPS) is 22.3. The van der Waals surface area contributed by atoms with Gasteiger partial charge in [0.2, 0.25) is 0 Å². The molecular formula is C62H64F21N3O9S3. The van der Waals surface area contributed by atoms with Gasteiger partial charge in [0.05, 0.1) is 87.0 Å². The van der Waals surface area contributed by atoms with Crippen LogP contribution in [0.15, 0.2) is 166 Å². The molecule has 0 saturated carbocycles. The van der Waals surface area contributed by atoms with Crippen LogP contribution in [0.3, 0.4) is 0 Å². The van der Waals surface area contributed by atoms with Crippen molar-refractivity contribution >= 4 is 48.6 Å². The highest BCUT2D eigenvalue weighted by atomic mass is 32.5. The minimum Gasteiger partial charge on any atom is -0.480 e. The van der Waals surface area contributed by atoms with E-state index in [0.29, 0.717) is 75.0 Å². The number of hydrogen-bond donors (Lipinski definition) is 3. The molecule has 0 radical (unpaired) electrons. The molecule has 546 valence electrons. The molecule has 6 aromatic carbocycles. The average molecular weight is 1490 g/mol. The van der Waals surface area contributed by atoms with Crippen molar-refractivity contribution in [3.05, 3.63) is 196 Å². The largest absolute Gasteiger partial charge is 0.480 e. The highest BCUT2D eigenvalue weighted by molar-refractivity contribution is 8.46. The summed E-state index contributed by atoms with van der Waals surface area (Å²) in [5.74, 6) is -3.25. The van der Waals surface area contributed by atoms with Crippen LogP contribution in [0.4, 0.5) is 84.6 Å². The number of carboxylic acids is 3. The summed E-state index contributed by atoms with van der Waals surface area (Å²) in [6, 6.07) is 26.7. The van der Waals surface area contributed by atoms with Crippen molar-refractivity contribution in [3.63, 3.8) is 0 Å². The third-order valence-electron chi connectivity index (χ3n) is 15.7. The molecule has 3 saturated heterocycles. The van der Waals surface area contributed by atoms with E-state index in [0.717, 1.165) is 17.2 Å². The van der Waals surface area contributed by atoms with E-state index in [2.05, 4.69) is 0 Å². The van der Waals surface area contributed by atoms with Crippen LogP contribution in [0.1, 0.15) is 101 Å². The lowest BCUT2D eigenvalue weighted by Crippen LogP contribution is -2.45. The number of aliphatic carboxylic acids is 3. The summed E-state index contributed by atoms with van der Waals surface area (Å²) >= 11 is 0. The molecule has 6 atom stereocenters. The standard InChI is InChI=1S/C22H21F6NO3.C20H21F10NO3S2.C20H22F5NO3S/c23-21(24,25)16-9-14(10-17(11-16)22(26,27)28)13-32-18-7-4-8-29(12-19(30)31)20(18)15-5-2-1-3-6-15;21-35(22,23,24,25)16-9-14(10-17(11-16)36(26,27,28,29)30)13-34-18-7-4-8-31(12-19(32)33)20(18)15-5-2-1-3-6-15;21-30(22,23,24,25)17-9-4-6-15(12-17)14-29-18-10-5-11-26(13-19(27)28)20(18)16-7-2-1-3-8-16/h1-3,5-6,9-11,18,20H,4,7-8,12-13H2,(H,30,31);1-3,5-6,9-11,18,20H,4,7-8,12-13H2,(H,32,33);1-4,6-9,12,18,20H,5,10-11,13-14H2,(H,27,28)/t3*18-,20-/m000/s1. The van der Waals surface area contributed by atoms with E-state index in [-0.39, 0.29) is 62.0 Å². The predicted octanol–water partition coefficient (Wildman–Crippen LogP) is 20.5. The fraction of sp³-hybridized carbons (Fsp3) is 0.371. The second-order valence-electron chi connectivity index (χ2n) is 23.4. The number of benzene rings is 6. The molecule has 3 aliphatic rings. The monoisotopic (exact) mass is 1490 g/mol. The molecule has 98 heavy (non-hydrogen) atoms. The number of piperidine rings is 3. The smallest absolute Gasteiger partial charge is 0.416 e. The lowest BCUT2D eigenvalue weighted by Gasteiger charge is -2.44. The summed E-state index contributed by atoms with van der Waals surface area (Å²) in [6.45, 7) is -1.55. The summed E-state index contributed by atoms with van der Waals surface area (Å²) in [5, 5.41) is 27.7. The van der Waals surface area contributed by atoms with Crippen molar-refractivity contribution < 1.29 is 129 Å². The van der Waals surface area contributed by atoms with E-state index in [4.69, 9.17) is 14.2 Å². The molecule has 0 unspecified atom stereocenters. The van der Waals surface area contributed by atoms with Crippen molar-refractivity contribution in [2.24, 2.45) is 0 Å². The first-order chi connectivity index (χ1) is 44.7. The number of likely N-dealkylation sites (tertiary alicyclic amines) is 3. The molecule has 3 N–H and O–H groups in total. The summed E-state index contributed by atoms with van der Waals surface area (Å²) in [7, 11) is -31.3. The number of carboxylic acid groups (broad SMARTS) is 3. The molecule has 3 fully saturated rings. The van der Waals surface area contributed by atoms with Crippen molar-refractivity contribution in [2.45, 2.75) is 122 Å². The molecule has 0 aliphatic carbocycles. The Labute approximate surface area is 547 Å². The third-order valence-corrected chi connectivity index (χ3v) is 19.1. The zero-order valence-corrected chi connectivity index (χ0v) is 53.2. The average Bonchev–Trinajstić information content (AvgIpc) is 0.699. The van der Waals surface area contributed by atoms with Crippen molar-refractivity contribution in [1.82, 2.24) is 14.7 Å². The van der Waals surface area contributed by atoms with Crippen LogP contribution in [-0.4, -0.2) is 106 Å². The van der Waals surface area contributed by atoms with Crippen molar-refractivity contribution in [3.8, 4) is 0 Å². The van der Waals surface area contributed by atoms with Gasteiger partial charge in [-0.25, -0.2) is 0 Å². The number of hydrogen-bond acceptors (Lipinski definition) is 9. The molecule has 36 heteroatoms. The maximum atomic E-state index is 13.3. The number of rotatable bonds is 21. The Bertz CT molecular complexity index is 3700. The molecule has 0 aromatic heterocycles. The van der Waals surface area contributed by atoms with Crippen LogP contribution in [0.5, 0.6) is 0 Å². The molecule has 9 rings (SSSR count). The zero-order chi connectivity index (χ0) is 72.9. The summed E-state index contributed by atoms with van der Waals surface area (Å²) in [5.41, 5.74) is -2.16. The second kappa shape index (κ2) is 27.2. The lowest BCUT2D eigenvalue weighted by atomic mass is 9.92. The van der Waals surface area contributed by atoms with Gasteiger partial charge in [0.25, 0.3) is 0 Å². The van der Waals surface area contributed by atoms with Gasteiger partial charge in [-0.1, -0.05) is 161 Å².